The molecule has 26 heavy (non-hydrogen) atoms. The first-order valence-electron chi connectivity index (χ1n) is 9.05. The molecule has 2 aromatic rings. The van der Waals surface area contributed by atoms with E-state index in [2.05, 4.69) is 21.9 Å². The van der Waals surface area contributed by atoms with E-state index in [1.807, 2.05) is 12.1 Å². The number of likely N-dealkylation sites (tertiary alicyclic amines) is 1. The van der Waals surface area contributed by atoms with Crippen LogP contribution >= 0.6 is 0 Å². The summed E-state index contributed by atoms with van der Waals surface area (Å²) in [5.41, 5.74) is -0.166. The molecule has 2 fully saturated rings. The second-order valence-electron chi connectivity index (χ2n) is 7.41. The van der Waals surface area contributed by atoms with Gasteiger partial charge >= 0.3 is 0 Å². The fourth-order valence-electron chi connectivity index (χ4n) is 3.83. The van der Waals surface area contributed by atoms with Gasteiger partial charge in [-0.2, -0.15) is 0 Å². The number of carbonyl (C=O) groups is 1. The van der Waals surface area contributed by atoms with E-state index in [1.54, 1.807) is 29.6 Å². The van der Waals surface area contributed by atoms with E-state index < -0.39 is 0 Å². The Morgan fingerprint density at radius 3 is 2.81 bits per heavy atom. The maximum atomic E-state index is 12.3. The van der Waals surface area contributed by atoms with Crippen LogP contribution in [0.3, 0.4) is 0 Å². The highest BCUT2D eigenvalue weighted by molar-refractivity contribution is 5.91. The third-order valence-electron chi connectivity index (χ3n) is 5.21. The van der Waals surface area contributed by atoms with Gasteiger partial charge in [0.15, 0.2) is 0 Å². The molecule has 0 saturated carbocycles. The highest BCUT2D eigenvalue weighted by Crippen LogP contribution is 2.36. The van der Waals surface area contributed by atoms with Crippen LogP contribution in [0.2, 0.25) is 0 Å². The Hall–Kier alpha value is -2.25. The third-order valence-corrected chi connectivity index (χ3v) is 5.21. The Morgan fingerprint density at radius 1 is 1.35 bits per heavy atom. The fourth-order valence-corrected chi connectivity index (χ4v) is 3.83. The van der Waals surface area contributed by atoms with Gasteiger partial charge in [0.1, 0.15) is 11.4 Å². The Balaban J connectivity index is 1.23. The van der Waals surface area contributed by atoms with Gasteiger partial charge in [0.05, 0.1) is 32.5 Å². The van der Waals surface area contributed by atoms with Crippen molar-refractivity contribution in [1.29, 1.82) is 0 Å². The first-order valence-corrected chi connectivity index (χ1v) is 9.05. The minimum Gasteiger partial charge on any atom is -0.468 e. The predicted molar refractivity (Wildman–Crippen MR) is 94.4 cm³/mol. The zero-order valence-electron chi connectivity index (χ0n) is 15.0. The van der Waals surface area contributed by atoms with E-state index in [-0.39, 0.29) is 17.3 Å². The maximum Gasteiger partial charge on any atom is 0.291 e. The van der Waals surface area contributed by atoms with Gasteiger partial charge in [-0.25, -0.2) is 9.97 Å². The van der Waals surface area contributed by atoms with E-state index in [1.165, 1.54) is 0 Å². The second-order valence-corrected chi connectivity index (χ2v) is 7.41. The molecule has 2 aliphatic rings. The molecule has 0 aromatic carbocycles. The minimum atomic E-state index is -0.166. The zero-order chi connectivity index (χ0) is 18.0. The van der Waals surface area contributed by atoms with Crippen molar-refractivity contribution in [2.24, 2.45) is 5.92 Å². The number of hydrogen-bond donors (Lipinski definition) is 0. The average molecular weight is 356 g/mol. The van der Waals surface area contributed by atoms with Gasteiger partial charge in [-0.05, 0) is 44.0 Å². The highest BCUT2D eigenvalue weighted by atomic mass is 16.5. The molecule has 7 heteroatoms. The van der Waals surface area contributed by atoms with E-state index >= 15 is 0 Å². The van der Waals surface area contributed by atoms with Gasteiger partial charge in [0, 0.05) is 18.9 Å². The first kappa shape index (κ1) is 17.2. The molecule has 7 nitrogen and oxygen atoms in total. The summed E-state index contributed by atoms with van der Waals surface area (Å²) in [6.07, 6.45) is 7.01. The summed E-state index contributed by atoms with van der Waals surface area (Å²) in [5, 5.41) is 0. The molecule has 1 unspecified atom stereocenters. The number of amides is 1. The molecule has 1 amide bonds. The summed E-state index contributed by atoms with van der Waals surface area (Å²) in [5.74, 6) is 1.65. The second kappa shape index (κ2) is 7.17. The Labute approximate surface area is 153 Å². The lowest BCUT2D eigenvalue weighted by atomic mass is 9.82. The molecule has 1 spiro atoms. The number of nitrogens with zero attached hydrogens (tertiary/aromatic N) is 4. The molecular weight excluding hydrogens is 332 g/mol. The van der Waals surface area contributed by atoms with Crippen molar-refractivity contribution < 1.29 is 13.9 Å². The van der Waals surface area contributed by atoms with Crippen LogP contribution in [-0.2, 0) is 11.3 Å². The summed E-state index contributed by atoms with van der Waals surface area (Å²) >= 11 is 0. The number of hydrogen-bond acceptors (Lipinski definition) is 6. The number of ether oxygens (including phenoxy) is 1. The summed E-state index contributed by atoms with van der Waals surface area (Å²) in [6.45, 7) is 3.82. The first-order chi connectivity index (χ1) is 12.6. The fraction of sp³-hybridized carbons (Fsp3) is 0.526. The molecule has 138 valence electrons. The molecule has 2 aromatic heterocycles. The average Bonchev–Trinajstić information content (AvgIpc) is 3.13. The standard InChI is InChI=1S/C19H24N4O3/c1-22(11-16-4-2-9-25-16)10-15-5-6-19(26-12-15)13-23(14-19)18(24)17-20-7-3-8-21-17/h2-4,7-9,15H,5-6,10-14H2,1H3. The highest BCUT2D eigenvalue weighted by Gasteiger charge is 2.49. The maximum absolute atomic E-state index is 12.3. The van der Waals surface area contributed by atoms with Gasteiger partial charge in [-0.15, -0.1) is 0 Å². The molecule has 4 heterocycles. The zero-order valence-corrected chi connectivity index (χ0v) is 15.0. The van der Waals surface area contributed by atoms with Crippen LogP contribution in [0.4, 0.5) is 0 Å². The number of furan rings is 1. The van der Waals surface area contributed by atoms with Gasteiger partial charge in [0.2, 0.25) is 5.82 Å². The summed E-state index contributed by atoms with van der Waals surface area (Å²) in [7, 11) is 2.11. The van der Waals surface area contributed by atoms with Crippen LogP contribution in [-0.4, -0.2) is 64.6 Å². The van der Waals surface area contributed by atoms with Crippen LogP contribution in [0.15, 0.2) is 41.3 Å². The molecule has 2 saturated heterocycles. The third kappa shape index (κ3) is 3.64. The van der Waals surface area contributed by atoms with Crippen LogP contribution in [0.1, 0.15) is 29.2 Å². The van der Waals surface area contributed by atoms with Crippen molar-refractivity contribution in [2.75, 3.05) is 33.3 Å². The summed E-state index contributed by atoms with van der Waals surface area (Å²) < 4.78 is 11.6. The lowest BCUT2D eigenvalue weighted by Gasteiger charge is -2.52. The van der Waals surface area contributed by atoms with Crippen LogP contribution < -0.4 is 0 Å². The number of aromatic nitrogens is 2. The topological polar surface area (TPSA) is 71.7 Å². The summed E-state index contributed by atoms with van der Waals surface area (Å²) in [6, 6.07) is 5.63. The van der Waals surface area contributed by atoms with Crippen molar-refractivity contribution in [3.8, 4) is 0 Å². The Morgan fingerprint density at radius 2 is 2.15 bits per heavy atom. The van der Waals surface area contributed by atoms with Crippen LogP contribution in [0.5, 0.6) is 0 Å². The van der Waals surface area contributed by atoms with Gasteiger partial charge in [-0.3, -0.25) is 9.69 Å². The quantitative estimate of drug-likeness (QED) is 0.814. The normalized spacial score (nSPS) is 21.8. The smallest absolute Gasteiger partial charge is 0.291 e. The lowest BCUT2D eigenvalue weighted by molar-refractivity contribution is -0.168. The molecule has 0 bridgehead atoms. The predicted octanol–water partition coefficient (Wildman–Crippen LogP) is 1.82. The molecule has 0 N–H and O–H groups in total. The van der Waals surface area contributed by atoms with Crippen molar-refractivity contribution in [1.82, 2.24) is 19.8 Å². The van der Waals surface area contributed by atoms with Crippen LogP contribution in [0, 0.1) is 5.92 Å². The van der Waals surface area contributed by atoms with Crippen molar-refractivity contribution in [3.05, 3.63) is 48.4 Å². The van der Waals surface area contributed by atoms with Crippen molar-refractivity contribution in [3.63, 3.8) is 0 Å². The lowest BCUT2D eigenvalue weighted by Crippen LogP contribution is -2.66. The number of carbonyl (C=O) groups excluding carboxylic acids is 1. The van der Waals surface area contributed by atoms with Gasteiger partial charge in [-0.1, -0.05) is 0 Å². The van der Waals surface area contributed by atoms with E-state index in [9.17, 15) is 4.79 Å². The Bertz CT molecular complexity index is 719. The molecule has 4 rings (SSSR count). The molecule has 0 radical (unpaired) electrons. The molecule has 1 atom stereocenters. The van der Waals surface area contributed by atoms with E-state index in [0.717, 1.165) is 38.3 Å². The van der Waals surface area contributed by atoms with Gasteiger partial charge in [0.25, 0.3) is 5.91 Å². The molecule has 0 aliphatic carbocycles. The molecular formula is C19H24N4O3. The van der Waals surface area contributed by atoms with Gasteiger partial charge < -0.3 is 14.1 Å². The number of rotatable bonds is 5. The monoisotopic (exact) mass is 356 g/mol. The SMILES string of the molecule is CN(Cc1ccco1)CC1CCC2(CN(C(=O)c3ncccn3)C2)OC1. The Kier molecular flexibility index (Phi) is 4.74. The van der Waals surface area contributed by atoms with E-state index in [0.29, 0.717) is 19.0 Å². The molecule has 2 aliphatic heterocycles. The summed E-state index contributed by atoms with van der Waals surface area (Å²) in [4.78, 5) is 24.5. The van der Waals surface area contributed by atoms with Crippen molar-refractivity contribution >= 4 is 5.91 Å². The van der Waals surface area contributed by atoms with E-state index in [4.69, 9.17) is 9.15 Å². The van der Waals surface area contributed by atoms with Crippen LogP contribution in [0.25, 0.3) is 0 Å². The largest absolute Gasteiger partial charge is 0.468 e. The van der Waals surface area contributed by atoms with Crippen molar-refractivity contribution in [2.45, 2.75) is 25.0 Å². The minimum absolute atomic E-state index is 0.111.